The number of furan rings is 1. The van der Waals surface area contributed by atoms with Crippen molar-refractivity contribution in [1.29, 1.82) is 0 Å². The molecule has 2 heterocycles. The van der Waals surface area contributed by atoms with Crippen molar-refractivity contribution in [3.8, 4) is 0 Å². The second-order valence-corrected chi connectivity index (χ2v) is 6.55. The summed E-state index contributed by atoms with van der Waals surface area (Å²) in [7, 11) is 1.44. The summed E-state index contributed by atoms with van der Waals surface area (Å²) >= 11 is 5.97. The molecule has 1 aromatic carbocycles. The molecule has 0 unspecified atom stereocenters. The Morgan fingerprint density at radius 1 is 1.39 bits per heavy atom. The van der Waals surface area contributed by atoms with E-state index in [1.165, 1.54) is 37.1 Å². The molecule has 0 atom stereocenters. The zero-order chi connectivity index (χ0) is 20.6. The molecule has 0 radical (unpaired) electrons. The molecular weight excluding hydrogens is 393 g/mol. The average Bonchev–Trinajstić information content (AvgIpc) is 2.97. The minimum absolute atomic E-state index is 0.0440. The first kappa shape index (κ1) is 19.6. The van der Waals surface area contributed by atoms with Crippen LogP contribution in [0.25, 0.3) is 11.1 Å². The topological polar surface area (TPSA) is 106 Å². The molecular formula is C18H15ClFN3O5. The van der Waals surface area contributed by atoms with Gasteiger partial charge in [-0.2, -0.15) is 0 Å². The SMILES string of the molecule is Cc1oc2ncn(CC(=O)N(C)Cc3c(F)cccc3Cl)c(=O)c2c1C(=O)O. The largest absolute Gasteiger partial charge is 0.478 e. The monoisotopic (exact) mass is 407 g/mol. The van der Waals surface area contributed by atoms with Crippen LogP contribution < -0.4 is 5.56 Å². The number of carboxylic acid groups (broad SMARTS) is 1. The van der Waals surface area contributed by atoms with E-state index in [-0.39, 0.29) is 39.6 Å². The maximum Gasteiger partial charge on any atom is 0.340 e. The van der Waals surface area contributed by atoms with Crippen molar-refractivity contribution < 1.29 is 23.5 Å². The second-order valence-electron chi connectivity index (χ2n) is 6.15. The number of aryl methyl sites for hydroxylation is 1. The van der Waals surface area contributed by atoms with Crippen LogP contribution in [0.4, 0.5) is 4.39 Å². The first-order chi connectivity index (χ1) is 13.2. The molecule has 2 aromatic heterocycles. The molecule has 3 rings (SSSR count). The van der Waals surface area contributed by atoms with Crippen LogP contribution in [0.15, 0.2) is 33.7 Å². The molecule has 8 nitrogen and oxygen atoms in total. The standard InChI is InChI=1S/C18H15ClFN3O5/c1-9-14(18(26)27)15-16(28-9)21-8-23(17(15)25)7-13(24)22(2)6-10-11(19)4-3-5-12(10)20/h3-5,8H,6-7H2,1-2H3,(H,26,27). The maximum atomic E-state index is 13.9. The van der Waals surface area contributed by atoms with Crippen molar-refractivity contribution in [2.45, 2.75) is 20.0 Å². The zero-order valence-electron chi connectivity index (χ0n) is 14.9. The van der Waals surface area contributed by atoms with E-state index in [9.17, 15) is 23.9 Å². The molecule has 0 saturated carbocycles. The number of benzene rings is 1. The van der Waals surface area contributed by atoms with Crippen molar-refractivity contribution in [2.75, 3.05) is 7.05 Å². The number of nitrogens with zero attached hydrogens (tertiary/aromatic N) is 3. The number of halogens is 2. The number of rotatable bonds is 5. The van der Waals surface area contributed by atoms with Gasteiger partial charge in [-0.05, 0) is 19.1 Å². The van der Waals surface area contributed by atoms with Crippen LogP contribution >= 0.6 is 11.6 Å². The number of hydrogen-bond donors (Lipinski definition) is 1. The summed E-state index contributed by atoms with van der Waals surface area (Å²) in [6.07, 6.45) is 1.10. The summed E-state index contributed by atoms with van der Waals surface area (Å²) in [6, 6.07) is 4.20. The fourth-order valence-electron chi connectivity index (χ4n) is 2.78. The highest BCUT2D eigenvalue weighted by Crippen LogP contribution is 2.21. The van der Waals surface area contributed by atoms with Gasteiger partial charge in [-0.3, -0.25) is 14.2 Å². The Kier molecular flexibility index (Phi) is 5.19. The number of carbonyl (C=O) groups excluding carboxylic acids is 1. The molecule has 10 heteroatoms. The minimum Gasteiger partial charge on any atom is -0.478 e. The van der Waals surface area contributed by atoms with Gasteiger partial charge in [0.1, 0.15) is 35.4 Å². The Hall–Kier alpha value is -3.20. The first-order valence-electron chi connectivity index (χ1n) is 8.09. The number of aromatic nitrogens is 2. The second kappa shape index (κ2) is 7.43. The zero-order valence-corrected chi connectivity index (χ0v) is 15.7. The number of fused-ring (bicyclic) bond motifs is 1. The number of hydrogen-bond acceptors (Lipinski definition) is 5. The van der Waals surface area contributed by atoms with Crippen molar-refractivity contribution >= 4 is 34.6 Å². The summed E-state index contributed by atoms with van der Waals surface area (Å²) in [5.74, 6) is -2.35. The summed E-state index contributed by atoms with van der Waals surface area (Å²) < 4.78 is 20.1. The van der Waals surface area contributed by atoms with Crippen LogP contribution in [0.5, 0.6) is 0 Å². The Bertz CT molecular complexity index is 1130. The van der Waals surface area contributed by atoms with Gasteiger partial charge in [0.2, 0.25) is 11.6 Å². The summed E-state index contributed by atoms with van der Waals surface area (Å²) in [5, 5.41) is 9.27. The maximum absolute atomic E-state index is 13.9. The number of amides is 1. The van der Waals surface area contributed by atoms with Crippen molar-refractivity contribution in [3.05, 3.63) is 62.6 Å². The molecule has 1 amide bonds. The Morgan fingerprint density at radius 2 is 2.11 bits per heavy atom. The first-order valence-corrected chi connectivity index (χ1v) is 8.47. The third kappa shape index (κ3) is 3.48. The van der Waals surface area contributed by atoms with Gasteiger partial charge < -0.3 is 14.4 Å². The number of carbonyl (C=O) groups is 2. The van der Waals surface area contributed by atoms with E-state index in [1.807, 2.05) is 0 Å². The normalized spacial score (nSPS) is 11.0. The van der Waals surface area contributed by atoms with E-state index in [4.69, 9.17) is 16.0 Å². The molecule has 1 N–H and O–H groups in total. The molecule has 0 spiro atoms. The molecule has 3 aromatic rings. The minimum atomic E-state index is -1.33. The average molecular weight is 408 g/mol. The van der Waals surface area contributed by atoms with Gasteiger partial charge in [0.25, 0.3) is 5.56 Å². The van der Waals surface area contributed by atoms with Crippen LogP contribution in [-0.2, 0) is 17.9 Å². The Balaban J connectivity index is 1.89. The molecule has 28 heavy (non-hydrogen) atoms. The molecule has 0 fully saturated rings. The fourth-order valence-corrected chi connectivity index (χ4v) is 3.01. The predicted molar refractivity (Wildman–Crippen MR) is 97.8 cm³/mol. The van der Waals surface area contributed by atoms with E-state index in [1.54, 1.807) is 0 Å². The van der Waals surface area contributed by atoms with E-state index in [2.05, 4.69) is 4.98 Å². The third-order valence-corrected chi connectivity index (χ3v) is 4.61. The van der Waals surface area contributed by atoms with Crippen LogP contribution in [0.2, 0.25) is 5.02 Å². The number of carboxylic acids is 1. The molecule has 0 saturated heterocycles. The Labute approximate surface area is 162 Å². The summed E-state index contributed by atoms with van der Waals surface area (Å²) in [5.41, 5.74) is -0.972. The lowest BCUT2D eigenvalue weighted by atomic mass is 10.2. The highest BCUT2D eigenvalue weighted by atomic mass is 35.5. The van der Waals surface area contributed by atoms with E-state index >= 15 is 0 Å². The smallest absolute Gasteiger partial charge is 0.340 e. The lowest BCUT2D eigenvalue weighted by molar-refractivity contribution is -0.131. The molecule has 0 aliphatic rings. The van der Waals surface area contributed by atoms with Gasteiger partial charge in [0.05, 0.1) is 0 Å². The lowest BCUT2D eigenvalue weighted by Gasteiger charge is -2.19. The van der Waals surface area contributed by atoms with Crippen LogP contribution in [0.3, 0.4) is 0 Å². The van der Waals surface area contributed by atoms with Gasteiger partial charge in [0, 0.05) is 24.2 Å². The van der Waals surface area contributed by atoms with Crippen LogP contribution in [-0.4, -0.2) is 38.5 Å². The quantitative estimate of drug-likeness (QED) is 0.696. The van der Waals surface area contributed by atoms with Crippen LogP contribution in [0.1, 0.15) is 21.7 Å². The highest BCUT2D eigenvalue weighted by molar-refractivity contribution is 6.31. The van der Waals surface area contributed by atoms with Crippen molar-refractivity contribution in [2.24, 2.45) is 0 Å². The summed E-state index contributed by atoms with van der Waals surface area (Å²) in [4.78, 5) is 41.6. The van der Waals surface area contributed by atoms with Gasteiger partial charge in [-0.1, -0.05) is 17.7 Å². The highest BCUT2D eigenvalue weighted by Gasteiger charge is 2.23. The fraction of sp³-hybridized carbons (Fsp3) is 0.222. The third-order valence-electron chi connectivity index (χ3n) is 4.26. The van der Waals surface area contributed by atoms with E-state index in [0.717, 1.165) is 10.9 Å². The number of aromatic carboxylic acids is 1. The van der Waals surface area contributed by atoms with Gasteiger partial charge in [0.15, 0.2) is 0 Å². The van der Waals surface area contributed by atoms with Crippen LogP contribution in [0, 0.1) is 12.7 Å². The van der Waals surface area contributed by atoms with Gasteiger partial charge in [-0.15, -0.1) is 0 Å². The molecule has 0 bridgehead atoms. The van der Waals surface area contributed by atoms with Crippen molar-refractivity contribution in [1.82, 2.24) is 14.5 Å². The molecule has 146 valence electrons. The molecule has 0 aliphatic heterocycles. The van der Waals surface area contributed by atoms with E-state index in [0.29, 0.717) is 0 Å². The lowest BCUT2D eigenvalue weighted by Crippen LogP contribution is -2.34. The molecule has 0 aliphatic carbocycles. The summed E-state index contributed by atoms with van der Waals surface area (Å²) in [6.45, 7) is 0.902. The predicted octanol–water partition coefficient (Wildman–Crippen LogP) is 2.45. The number of likely N-dealkylation sites (N-methyl/N-ethyl adjacent to an activating group) is 1. The van der Waals surface area contributed by atoms with E-state index < -0.39 is 29.8 Å². The van der Waals surface area contributed by atoms with Gasteiger partial charge >= 0.3 is 5.97 Å². The Morgan fingerprint density at radius 3 is 2.75 bits per heavy atom. The van der Waals surface area contributed by atoms with Crippen molar-refractivity contribution in [3.63, 3.8) is 0 Å². The van der Waals surface area contributed by atoms with Gasteiger partial charge in [-0.25, -0.2) is 14.2 Å².